The number of nitro benzene ring substituents is 1. The molecule has 0 radical (unpaired) electrons. The Morgan fingerprint density at radius 3 is 2.50 bits per heavy atom. The molecule has 0 aliphatic heterocycles. The Balaban J connectivity index is 3.04. The molecule has 1 aromatic carbocycles. The first kappa shape index (κ1) is 17.0. The van der Waals surface area contributed by atoms with Gasteiger partial charge in [-0.25, -0.2) is 0 Å². The largest absolute Gasteiger partial charge is 0.417 e. The Hall–Kier alpha value is -1.04. The van der Waals surface area contributed by atoms with Crippen LogP contribution in [-0.2, 0) is 4.79 Å². The zero-order valence-corrected chi connectivity index (χ0v) is 12.9. The topological polar surface area (TPSA) is 69.4 Å². The lowest BCUT2D eigenvalue weighted by Gasteiger charge is -2.09. The third-order valence-corrected chi connectivity index (χ3v) is 3.54. The van der Waals surface area contributed by atoms with E-state index in [9.17, 15) is 14.9 Å². The Labute approximate surface area is 130 Å². The fraction of sp³-hybridized carbons (Fsp3) is 0.417. The summed E-state index contributed by atoms with van der Waals surface area (Å²) in [5.74, 6) is -1.02. The number of carbonyl (C=O) groups excluding carboxylic acids is 1. The molecule has 8 heteroatoms. The Morgan fingerprint density at radius 1 is 1.30 bits per heavy atom. The lowest BCUT2D eigenvalue weighted by Crippen LogP contribution is -2.09. The second-order valence-corrected chi connectivity index (χ2v) is 5.21. The van der Waals surface area contributed by atoms with E-state index < -0.39 is 22.3 Å². The van der Waals surface area contributed by atoms with Gasteiger partial charge in [0.1, 0.15) is 10.0 Å². The molecule has 0 saturated carbocycles. The van der Waals surface area contributed by atoms with Crippen LogP contribution in [0.3, 0.4) is 0 Å². The molecule has 1 aromatic rings. The Bertz CT molecular complexity index is 534. The number of halogens is 3. The minimum absolute atomic E-state index is 0.0152. The fourth-order valence-corrected chi connectivity index (χ4v) is 2.21. The zero-order valence-electron chi connectivity index (χ0n) is 10.6. The number of rotatable bonds is 6. The van der Waals surface area contributed by atoms with Crippen molar-refractivity contribution in [1.29, 1.82) is 0 Å². The molecule has 0 aliphatic carbocycles. The van der Waals surface area contributed by atoms with Crippen LogP contribution in [-0.4, -0.2) is 10.9 Å². The summed E-state index contributed by atoms with van der Waals surface area (Å²) in [4.78, 5) is 21.9. The third-order valence-electron chi connectivity index (χ3n) is 2.49. The van der Waals surface area contributed by atoms with Crippen molar-refractivity contribution in [1.82, 2.24) is 0 Å². The van der Waals surface area contributed by atoms with Gasteiger partial charge < -0.3 is 4.74 Å². The molecule has 0 amide bonds. The summed E-state index contributed by atoms with van der Waals surface area (Å²) in [6.07, 6.45) is 2.58. The average molecular weight is 341 g/mol. The minimum Gasteiger partial charge on any atom is -0.417 e. The van der Waals surface area contributed by atoms with Gasteiger partial charge in [0.05, 0.1) is 9.95 Å². The highest BCUT2D eigenvalue weighted by atomic mass is 35.5. The molecule has 20 heavy (non-hydrogen) atoms. The van der Waals surface area contributed by atoms with Crippen molar-refractivity contribution in [2.75, 3.05) is 0 Å². The van der Waals surface area contributed by atoms with Gasteiger partial charge in [-0.05, 0) is 12.5 Å². The van der Waals surface area contributed by atoms with E-state index in [1.165, 1.54) is 0 Å². The summed E-state index contributed by atoms with van der Waals surface area (Å²) in [6, 6.07) is 1.14. The highest BCUT2D eigenvalue weighted by molar-refractivity contribution is 6.45. The van der Waals surface area contributed by atoms with E-state index in [0.29, 0.717) is 6.42 Å². The molecule has 0 spiro atoms. The summed E-state index contributed by atoms with van der Waals surface area (Å²) in [5, 5.41) is 10.5. The molecule has 0 aromatic heterocycles. The van der Waals surface area contributed by atoms with Crippen molar-refractivity contribution in [3.05, 3.63) is 31.2 Å². The van der Waals surface area contributed by atoms with Crippen molar-refractivity contribution in [3.63, 3.8) is 0 Å². The molecular formula is C12H12Cl3NO4. The van der Waals surface area contributed by atoms with Gasteiger partial charge in [-0.1, -0.05) is 54.6 Å². The van der Waals surface area contributed by atoms with E-state index >= 15 is 0 Å². The molecule has 5 nitrogen and oxygen atoms in total. The molecule has 0 N–H and O–H groups in total. The van der Waals surface area contributed by atoms with Crippen LogP contribution in [0.4, 0.5) is 5.69 Å². The van der Waals surface area contributed by atoms with Gasteiger partial charge >= 0.3 is 11.7 Å². The number of hydrogen-bond acceptors (Lipinski definition) is 4. The molecule has 0 aliphatic rings. The fourth-order valence-electron chi connectivity index (χ4n) is 1.51. The Morgan fingerprint density at radius 2 is 1.95 bits per heavy atom. The lowest BCUT2D eigenvalue weighted by atomic mass is 10.2. The summed E-state index contributed by atoms with van der Waals surface area (Å²) in [7, 11) is 0. The number of carbonyl (C=O) groups is 1. The summed E-state index contributed by atoms with van der Waals surface area (Å²) < 4.78 is 4.96. The average Bonchev–Trinajstić information content (AvgIpc) is 2.35. The van der Waals surface area contributed by atoms with Crippen LogP contribution in [0, 0.1) is 10.1 Å². The van der Waals surface area contributed by atoms with Crippen molar-refractivity contribution < 1.29 is 14.5 Å². The van der Waals surface area contributed by atoms with Crippen molar-refractivity contribution in [2.45, 2.75) is 32.6 Å². The van der Waals surface area contributed by atoms with Crippen molar-refractivity contribution >= 4 is 46.5 Å². The SMILES string of the molecule is CCCCCC(=O)Oc1c(Cl)c(Cl)cc(Cl)c1[N+](=O)[O-]. The summed E-state index contributed by atoms with van der Waals surface area (Å²) >= 11 is 17.4. The monoisotopic (exact) mass is 339 g/mol. The normalized spacial score (nSPS) is 10.4. The predicted molar refractivity (Wildman–Crippen MR) is 77.9 cm³/mol. The summed E-state index contributed by atoms with van der Waals surface area (Å²) in [6.45, 7) is 1.99. The number of nitrogens with zero attached hydrogens (tertiary/aromatic N) is 1. The van der Waals surface area contributed by atoms with Gasteiger partial charge in [0.2, 0.25) is 5.75 Å². The standard InChI is InChI=1S/C12H12Cl3NO4/c1-2-3-4-5-9(17)20-12-10(15)7(13)6-8(14)11(12)16(18)19/h6H,2-5H2,1H3. The van der Waals surface area contributed by atoms with Gasteiger partial charge in [0.25, 0.3) is 0 Å². The van der Waals surface area contributed by atoms with Gasteiger partial charge in [0, 0.05) is 6.42 Å². The number of esters is 1. The predicted octanol–water partition coefficient (Wildman–Crippen LogP) is 5.04. The molecule has 0 atom stereocenters. The first-order valence-electron chi connectivity index (χ1n) is 5.91. The van der Waals surface area contributed by atoms with Crippen LogP contribution in [0.15, 0.2) is 6.07 Å². The van der Waals surface area contributed by atoms with Crippen LogP contribution in [0.2, 0.25) is 15.1 Å². The molecule has 0 fully saturated rings. The number of unbranched alkanes of at least 4 members (excludes halogenated alkanes) is 2. The maximum atomic E-state index is 11.6. The number of benzene rings is 1. The maximum absolute atomic E-state index is 11.6. The molecule has 0 unspecified atom stereocenters. The minimum atomic E-state index is -0.765. The van der Waals surface area contributed by atoms with Crippen LogP contribution >= 0.6 is 34.8 Å². The highest BCUT2D eigenvalue weighted by Gasteiger charge is 2.27. The zero-order chi connectivity index (χ0) is 15.3. The van der Waals surface area contributed by atoms with Gasteiger partial charge in [-0.3, -0.25) is 14.9 Å². The van der Waals surface area contributed by atoms with Gasteiger partial charge in [0.15, 0.2) is 0 Å². The number of hydrogen-bond donors (Lipinski definition) is 0. The van der Waals surface area contributed by atoms with Gasteiger partial charge in [-0.15, -0.1) is 0 Å². The molecule has 0 bridgehead atoms. The molecular weight excluding hydrogens is 328 g/mol. The van der Waals surface area contributed by atoms with E-state index in [0.717, 1.165) is 18.9 Å². The van der Waals surface area contributed by atoms with E-state index in [1.807, 2.05) is 6.92 Å². The second kappa shape index (κ2) is 7.67. The van der Waals surface area contributed by atoms with Crippen molar-refractivity contribution in [2.24, 2.45) is 0 Å². The van der Waals surface area contributed by atoms with Gasteiger partial charge in [-0.2, -0.15) is 0 Å². The van der Waals surface area contributed by atoms with Crippen LogP contribution < -0.4 is 4.74 Å². The number of nitro groups is 1. The lowest BCUT2D eigenvalue weighted by molar-refractivity contribution is -0.385. The number of ether oxygens (including phenoxy) is 1. The van der Waals surface area contributed by atoms with Crippen LogP contribution in [0.1, 0.15) is 32.6 Å². The molecule has 0 heterocycles. The highest BCUT2D eigenvalue weighted by Crippen LogP contribution is 2.44. The van der Waals surface area contributed by atoms with E-state index in [1.54, 1.807) is 0 Å². The second-order valence-electron chi connectivity index (χ2n) is 4.02. The molecule has 1 rings (SSSR count). The molecule has 110 valence electrons. The maximum Gasteiger partial charge on any atom is 0.331 e. The molecule has 0 saturated heterocycles. The quantitative estimate of drug-likeness (QED) is 0.182. The van der Waals surface area contributed by atoms with E-state index in [2.05, 4.69) is 0 Å². The summed E-state index contributed by atoms with van der Waals surface area (Å²) in [5.41, 5.74) is -0.565. The van der Waals surface area contributed by atoms with Crippen LogP contribution in [0.25, 0.3) is 0 Å². The van der Waals surface area contributed by atoms with E-state index in [4.69, 9.17) is 39.5 Å². The van der Waals surface area contributed by atoms with E-state index in [-0.39, 0.29) is 21.5 Å². The smallest absolute Gasteiger partial charge is 0.331 e. The van der Waals surface area contributed by atoms with Crippen molar-refractivity contribution in [3.8, 4) is 5.75 Å². The third kappa shape index (κ3) is 4.23. The first-order chi connectivity index (χ1) is 9.38. The first-order valence-corrected chi connectivity index (χ1v) is 7.04. The Kier molecular flexibility index (Phi) is 6.52. The van der Waals surface area contributed by atoms with Crippen LogP contribution in [0.5, 0.6) is 5.75 Å².